The van der Waals surface area contributed by atoms with E-state index in [-0.39, 0.29) is 23.8 Å². The maximum absolute atomic E-state index is 13.7. The molecule has 1 fully saturated rings. The molecule has 4 rings (SSSR count). The second-order valence-electron chi connectivity index (χ2n) is 9.16. The average Bonchev–Trinajstić information content (AvgIpc) is 2.89. The second-order valence-corrected chi connectivity index (χ2v) is 10.2. The Morgan fingerprint density at radius 2 is 1.86 bits per heavy atom. The largest absolute Gasteiger partial charge is 0.340 e. The third-order valence-corrected chi connectivity index (χ3v) is 8.01. The van der Waals surface area contributed by atoms with Gasteiger partial charge in [0.1, 0.15) is 0 Å². The quantitative estimate of drug-likeness (QED) is 0.493. The molecule has 6 nitrogen and oxygen atoms in total. The van der Waals surface area contributed by atoms with E-state index in [4.69, 9.17) is 4.99 Å². The number of benzene rings is 2. The van der Waals surface area contributed by atoms with Gasteiger partial charge >= 0.3 is 0 Å². The van der Waals surface area contributed by atoms with Crippen LogP contribution in [0.4, 0.5) is 5.69 Å². The van der Waals surface area contributed by atoms with Gasteiger partial charge in [0.2, 0.25) is 5.91 Å². The van der Waals surface area contributed by atoms with Crippen LogP contribution in [0.3, 0.4) is 0 Å². The third-order valence-electron chi connectivity index (χ3n) is 6.94. The van der Waals surface area contributed by atoms with Crippen LogP contribution in [0.5, 0.6) is 0 Å². The second kappa shape index (κ2) is 11.8. The first-order valence-electron chi connectivity index (χ1n) is 12.9. The smallest absolute Gasteiger partial charge is 0.254 e. The van der Waals surface area contributed by atoms with Crippen LogP contribution < -0.4 is 5.32 Å². The number of aliphatic imine (C=N–C) groups is 1. The van der Waals surface area contributed by atoms with Crippen molar-refractivity contribution >= 4 is 34.4 Å². The van der Waals surface area contributed by atoms with Crippen LogP contribution in [0.1, 0.15) is 63.6 Å². The van der Waals surface area contributed by atoms with Crippen molar-refractivity contribution < 1.29 is 9.59 Å². The number of rotatable bonds is 8. The van der Waals surface area contributed by atoms with Crippen molar-refractivity contribution in [2.75, 3.05) is 30.7 Å². The molecule has 0 radical (unpaired) electrons. The van der Waals surface area contributed by atoms with E-state index in [2.05, 4.69) is 16.3 Å². The van der Waals surface area contributed by atoms with Gasteiger partial charge in [-0.15, -0.1) is 0 Å². The standard InChI is InChI=1S/C29H36N4O2S/c1-5-24(21-13-9-8-10-14-21)27(34)31-23-16-11-15-22(19-23)26-25(28(35)32(6-2)7-3)20(4)30-29-33(26)17-12-18-36-29/h8-11,13-16,19,24,26H,5-7,12,17-18H2,1-4H3,(H,31,34)/t24-,26-/m1/s1. The van der Waals surface area contributed by atoms with E-state index in [0.29, 0.717) is 19.5 Å². The molecule has 7 heteroatoms. The fraction of sp³-hybridized carbons (Fsp3) is 0.414. The van der Waals surface area contributed by atoms with Crippen molar-refractivity contribution in [1.29, 1.82) is 0 Å². The molecule has 2 aliphatic heterocycles. The number of likely N-dealkylation sites (N-methyl/N-ethyl adjacent to an activating group) is 1. The van der Waals surface area contributed by atoms with Gasteiger partial charge in [0.25, 0.3) is 5.91 Å². The Labute approximate surface area is 218 Å². The number of amidine groups is 1. The minimum Gasteiger partial charge on any atom is -0.340 e. The summed E-state index contributed by atoms with van der Waals surface area (Å²) >= 11 is 1.75. The van der Waals surface area contributed by atoms with Crippen LogP contribution in [-0.4, -0.2) is 52.2 Å². The molecular formula is C29H36N4O2S. The molecule has 190 valence electrons. The summed E-state index contributed by atoms with van der Waals surface area (Å²) in [6, 6.07) is 17.6. The molecular weight excluding hydrogens is 468 g/mol. The minimum atomic E-state index is -0.230. The Morgan fingerprint density at radius 1 is 1.11 bits per heavy atom. The zero-order chi connectivity index (χ0) is 25.7. The Balaban J connectivity index is 1.68. The summed E-state index contributed by atoms with van der Waals surface area (Å²) < 4.78 is 0. The van der Waals surface area contributed by atoms with E-state index in [1.54, 1.807) is 11.8 Å². The van der Waals surface area contributed by atoms with Crippen molar-refractivity contribution in [3.63, 3.8) is 0 Å². The van der Waals surface area contributed by atoms with Gasteiger partial charge in [-0.1, -0.05) is 61.2 Å². The number of hydrogen-bond donors (Lipinski definition) is 1. The lowest BCUT2D eigenvalue weighted by atomic mass is 9.92. The van der Waals surface area contributed by atoms with Crippen LogP contribution >= 0.6 is 11.8 Å². The number of allylic oxidation sites excluding steroid dienone is 1. The van der Waals surface area contributed by atoms with Crippen LogP contribution in [-0.2, 0) is 9.59 Å². The van der Waals surface area contributed by atoms with Gasteiger partial charge in [-0.05, 0) is 56.9 Å². The number of carbonyl (C=O) groups excluding carboxylic acids is 2. The molecule has 2 aromatic rings. The maximum Gasteiger partial charge on any atom is 0.254 e. The molecule has 2 aromatic carbocycles. The van der Waals surface area contributed by atoms with E-state index < -0.39 is 0 Å². The van der Waals surface area contributed by atoms with Crippen LogP contribution in [0.25, 0.3) is 0 Å². The summed E-state index contributed by atoms with van der Waals surface area (Å²) in [5.74, 6) is 0.823. The molecule has 0 spiro atoms. The fourth-order valence-corrected chi connectivity index (χ4v) is 6.06. The molecule has 2 aliphatic rings. The third kappa shape index (κ3) is 5.36. The molecule has 0 aromatic heterocycles. The van der Waals surface area contributed by atoms with Crippen molar-refractivity contribution in [2.45, 2.75) is 52.5 Å². The maximum atomic E-state index is 13.7. The molecule has 0 aliphatic carbocycles. The zero-order valence-electron chi connectivity index (χ0n) is 21.7. The molecule has 2 amide bonds. The normalized spacial score (nSPS) is 18.3. The number of thioether (sulfide) groups is 1. The molecule has 0 bridgehead atoms. The Bertz CT molecular complexity index is 1160. The molecule has 2 heterocycles. The number of nitrogens with one attached hydrogen (secondary N) is 1. The minimum absolute atomic E-state index is 0.0218. The molecule has 36 heavy (non-hydrogen) atoms. The predicted octanol–water partition coefficient (Wildman–Crippen LogP) is 5.81. The lowest BCUT2D eigenvalue weighted by Gasteiger charge is -2.41. The average molecular weight is 505 g/mol. The summed E-state index contributed by atoms with van der Waals surface area (Å²) in [6.45, 7) is 10.1. The van der Waals surface area contributed by atoms with Gasteiger partial charge in [0.15, 0.2) is 5.17 Å². The zero-order valence-corrected chi connectivity index (χ0v) is 22.5. The van der Waals surface area contributed by atoms with Crippen molar-refractivity contribution in [2.24, 2.45) is 4.99 Å². The van der Waals surface area contributed by atoms with Crippen molar-refractivity contribution in [3.05, 3.63) is 77.0 Å². The lowest BCUT2D eigenvalue weighted by Crippen LogP contribution is -2.45. The number of hydrogen-bond acceptors (Lipinski definition) is 5. The SMILES string of the molecule is CC[C@@H](C(=O)Nc1cccc([C@@H]2C(C(=O)N(CC)CC)=C(C)N=C3SCCCN32)c1)c1ccccc1. The number of fused-ring (bicyclic) bond motifs is 1. The van der Waals surface area contributed by atoms with Gasteiger partial charge in [0, 0.05) is 31.1 Å². The number of nitrogens with zero attached hydrogens (tertiary/aromatic N) is 3. The molecule has 1 saturated heterocycles. The highest BCUT2D eigenvalue weighted by atomic mass is 32.2. The lowest BCUT2D eigenvalue weighted by molar-refractivity contribution is -0.127. The Hall–Kier alpha value is -3.06. The Kier molecular flexibility index (Phi) is 8.52. The van der Waals surface area contributed by atoms with Gasteiger partial charge in [-0.3, -0.25) is 9.59 Å². The highest BCUT2D eigenvalue weighted by molar-refractivity contribution is 8.13. The summed E-state index contributed by atoms with van der Waals surface area (Å²) in [5, 5.41) is 4.12. The first kappa shape index (κ1) is 26.0. The number of amides is 2. The van der Waals surface area contributed by atoms with Gasteiger partial charge < -0.3 is 15.1 Å². The van der Waals surface area contributed by atoms with Gasteiger partial charge in [-0.25, -0.2) is 4.99 Å². The summed E-state index contributed by atoms with van der Waals surface area (Å²) in [5.41, 5.74) is 4.25. The summed E-state index contributed by atoms with van der Waals surface area (Å²) in [7, 11) is 0. The molecule has 0 unspecified atom stereocenters. The van der Waals surface area contributed by atoms with Crippen LogP contribution in [0.15, 0.2) is 70.9 Å². The van der Waals surface area contributed by atoms with Crippen LogP contribution in [0.2, 0.25) is 0 Å². The van der Waals surface area contributed by atoms with E-state index in [0.717, 1.165) is 52.0 Å². The predicted molar refractivity (Wildman–Crippen MR) is 149 cm³/mol. The summed E-state index contributed by atoms with van der Waals surface area (Å²) in [6.07, 6.45) is 1.76. The first-order valence-corrected chi connectivity index (χ1v) is 13.9. The monoisotopic (exact) mass is 504 g/mol. The van der Waals surface area contributed by atoms with Crippen molar-refractivity contribution in [3.8, 4) is 0 Å². The van der Waals surface area contributed by atoms with E-state index >= 15 is 0 Å². The Morgan fingerprint density at radius 3 is 2.56 bits per heavy atom. The molecule has 2 atom stereocenters. The number of anilines is 1. The highest BCUT2D eigenvalue weighted by Gasteiger charge is 2.38. The van der Waals surface area contributed by atoms with Crippen molar-refractivity contribution in [1.82, 2.24) is 9.80 Å². The van der Waals surface area contributed by atoms with E-state index in [9.17, 15) is 9.59 Å². The molecule has 0 saturated carbocycles. The first-order chi connectivity index (χ1) is 17.5. The van der Waals surface area contributed by atoms with Gasteiger partial charge in [0.05, 0.1) is 23.2 Å². The van der Waals surface area contributed by atoms with E-state index in [1.807, 2.05) is 81.1 Å². The van der Waals surface area contributed by atoms with E-state index in [1.165, 1.54) is 0 Å². The fourth-order valence-electron chi connectivity index (χ4n) is 5.04. The number of carbonyl (C=O) groups is 2. The highest BCUT2D eigenvalue weighted by Crippen LogP contribution is 2.40. The van der Waals surface area contributed by atoms with Gasteiger partial charge in [-0.2, -0.15) is 0 Å². The summed E-state index contributed by atoms with van der Waals surface area (Å²) in [4.78, 5) is 35.9. The molecule has 1 N–H and O–H groups in total. The topological polar surface area (TPSA) is 65.0 Å². The van der Waals surface area contributed by atoms with Crippen LogP contribution in [0, 0.1) is 0 Å².